The number of carbonyl (C=O) groups is 1. The molecule has 112 valence electrons. The Hall–Kier alpha value is -1.81. The minimum atomic E-state index is -0.0206. The van der Waals surface area contributed by atoms with Crippen molar-refractivity contribution in [2.75, 3.05) is 0 Å². The van der Waals surface area contributed by atoms with E-state index >= 15 is 0 Å². The average Bonchev–Trinajstić information content (AvgIpc) is 2.86. The van der Waals surface area contributed by atoms with Gasteiger partial charge in [-0.3, -0.25) is 4.79 Å². The van der Waals surface area contributed by atoms with Gasteiger partial charge in [-0.25, -0.2) is 0 Å². The van der Waals surface area contributed by atoms with Crippen LogP contribution in [0.1, 0.15) is 40.2 Å². The zero-order valence-electron chi connectivity index (χ0n) is 12.9. The fraction of sp³-hybridized carbons (Fsp3) is 0.353. The van der Waals surface area contributed by atoms with Crippen molar-refractivity contribution in [3.05, 3.63) is 51.2 Å². The standard InChI is InChI=1S/C17H21NO2S/c1-11(2)18-17(19)16-8-14(10-21-16)9-20-15-6-5-12(3)7-13(15)4/h5-8,10-11H,9H2,1-4H3,(H,18,19). The van der Waals surface area contributed by atoms with Gasteiger partial charge in [0.05, 0.1) is 4.88 Å². The molecule has 1 N–H and O–H groups in total. The first-order valence-corrected chi connectivity index (χ1v) is 7.92. The molecule has 1 aromatic heterocycles. The molecule has 2 rings (SSSR count). The van der Waals surface area contributed by atoms with Crippen LogP contribution in [0.15, 0.2) is 29.6 Å². The number of hydrogen-bond acceptors (Lipinski definition) is 3. The molecule has 0 unspecified atom stereocenters. The van der Waals surface area contributed by atoms with Gasteiger partial charge in [0.25, 0.3) is 5.91 Å². The maximum absolute atomic E-state index is 11.9. The normalized spacial score (nSPS) is 10.7. The van der Waals surface area contributed by atoms with Crippen LogP contribution in [-0.4, -0.2) is 11.9 Å². The SMILES string of the molecule is Cc1ccc(OCc2csc(C(=O)NC(C)C)c2)c(C)c1. The molecule has 1 amide bonds. The van der Waals surface area contributed by atoms with E-state index in [2.05, 4.69) is 18.3 Å². The monoisotopic (exact) mass is 303 g/mol. The lowest BCUT2D eigenvalue weighted by molar-refractivity contribution is 0.0947. The number of hydrogen-bond donors (Lipinski definition) is 1. The van der Waals surface area contributed by atoms with Crippen LogP contribution in [0.3, 0.4) is 0 Å². The summed E-state index contributed by atoms with van der Waals surface area (Å²) >= 11 is 1.45. The fourth-order valence-electron chi connectivity index (χ4n) is 2.03. The number of amides is 1. The van der Waals surface area contributed by atoms with E-state index in [4.69, 9.17) is 4.74 Å². The second-order valence-corrected chi connectivity index (χ2v) is 6.42. The van der Waals surface area contributed by atoms with Gasteiger partial charge in [-0.1, -0.05) is 17.7 Å². The van der Waals surface area contributed by atoms with E-state index in [9.17, 15) is 4.79 Å². The molecule has 0 spiro atoms. The Labute approximate surface area is 130 Å². The van der Waals surface area contributed by atoms with Gasteiger partial charge < -0.3 is 10.1 Å². The van der Waals surface area contributed by atoms with E-state index in [0.717, 1.165) is 21.8 Å². The van der Waals surface area contributed by atoms with Crippen molar-refractivity contribution in [1.82, 2.24) is 5.32 Å². The van der Waals surface area contributed by atoms with Crippen molar-refractivity contribution in [1.29, 1.82) is 0 Å². The molecule has 1 heterocycles. The maximum Gasteiger partial charge on any atom is 0.261 e. The highest BCUT2D eigenvalue weighted by Gasteiger charge is 2.10. The Morgan fingerprint density at radius 3 is 2.71 bits per heavy atom. The van der Waals surface area contributed by atoms with Gasteiger partial charge in [0.2, 0.25) is 0 Å². The predicted octanol–water partition coefficient (Wildman–Crippen LogP) is 4.08. The Morgan fingerprint density at radius 2 is 2.05 bits per heavy atom. The van der Waals surface area contributed by atoms with Crippen LogP contribution in [-0.2, 0) is 6.61 Å². The predicted molar refractivity (Wildman–Crippen MR) is 87.2 cm³/mol. The molecule has 0 radical (unpaired) electrons. The molecule has 0 fully saturated rings. The molecule has 0 atom stereocenters. The first kappa shape index (κ1) is 15.6. The summed E-state index contributed by atoms with van der Waals surface area (Å²) in [6.45, 7) is 8.49. The summed E-state index contributed by atoms with van der Waals surface area (Å²) in [5, 5.41) is 4.86. The van der Waals surface area contributed by atoms with Crippen LogP contribution < -0.4 is 10.1 Å². The van der Waals surface area contributed by atoms with Crippen LogP contribution in [0.2, 0.25) is 0 Å². The Balaban J connectivity index is 1.98. The van der Waals surface area contributed by atoms with Crippen LogP contribution >= 0.6 is 11.3 Å². The minimum absolute atomic E-state index is 0.0206. The van der Waals surface area contributed by atoms with Crippen molar-refractivity contribution in [3.63, 3.8) is 0 Å². The number of aryl methyl sites for hydroxylation is 2. The smallest absolute Gasteiger partial charge is 0.261 e. The van der Waals surface area contributed by atoms with Gasteiger partial charge in [0.1, 0.15) is 12.4 Å². The summed E-state index contributed by atoms with van der Waals surface area (Å²) in [4.78, 5) is 12.6. The van der Waals surface area contributed by atoms with Crippen molar-refractivity contribution >= 4 is 17.2 Å². The highest BCUT2D eigenvalue weighted by atomic mass is 32.1. The summed E-state index contributed by atoms with van der Waals surface area (Å²) in [7, 11) is 0. The first-order valence-electron chi connectivity index (χ1n) is 7.04. The molecular weight excluding hydrogens is 282 g/mol. The summed E-state index contributed by atoms with van der Waals surface area (Å²) in [6, 6.07) is 8.17. The van der Waals surface area contributed by atoms with Gasteiger partial charge in [-0.15, -0.1) is 11.3 Å². The third-order valence-electron chi connectivity index (χ3n) is 3.02. The summed E-state index contributed by atoms with van der Waals surface area (Å²) < 4.78 is 5.83. The van der Waals surface area contributed by atoms with E-state index in [-0.39, 0.29) is 11.9 Å². The molecule has 0 aliphatic heterocycles. The highest BCUT2D eigenvalue weighted by Crippen LogP contribution is 2.21. The Morgan fingerprint density at radius 1 is 1.29 bits per heavy atom. The zero-order chi connectivity index (χ0) is 15.4. The Kier molecular flexibility index (Phi) is 5.02. The van der Waals surface area contributed by atoms with Gasteiger partial charge in [0.15, 0.2) is 0 Å². The first-order chi connectivity index (χ1) is 9.95. The lowest BCUT2D eigenvalue weighted by Gasteiger charge is -2.08. The molecule has 0 saturated heterocycles. The molecule has 0 bridgehead atoms. The van der Waals surface area contributed by atoms with Crippen molar-refractivity contribution in [2.24, 2.45) is 0 Å². The van der Waals surface area contributed by atoms with Crippen LogP contribution in [0.5, 0.6) is 5.75 Å². The van der Waals surface area contributed by atoms with Gasteiger partial charge in [0, 0.05) is 11.6 Å². The second kappa shape index (κ2) is 6.76. The van der Waals surface area contributed by atoms with Crippen molar-refractivity contribution in [2.45, 2.75) is 40.3 Å². The van der Waals surface area contributed by atoms with E-state index in [0.29, 0.717) is 6.61 Å². The van der Waals surface area contributed by atoms with E-state index in [1.54, 1.807) is 0 Å². The number of carbonyl (C=O) groups excluding carboxylic acids is 1. The average molecular weight is 303 g/mol. The highest BCUT2D eigenvalue weighted by molar-refractivity contribution is 7.12. The van der Waals surface area contributed by atoms with E-state index in [1.165, 1.54) is 16.9 Å². The van der Waals surface area contributed by atoms with Crippen LogP contribution in [0, 0.1) is 13.8 Å². The molecule has 1 aromatic carbocycles. The number of thiophene rings is 1. The lowest BCUT2D eigenvalue weighted by atomic mass is 10.1. The third-order valence-corrected chi connectivity index (χ3v) is 4.00. The number of benzene rings is 1. The molecule has 0 aliphatic carbocycles. The lowest BCUT2D eigenvalue weighted by Crippen LogP contribution is -2.29. The zero-order valence-corrected chi connectivity index (χ0v) is 13.7. The minimum Gasteiger partial charge on any atom is -0.489 e. The maximum atomic E-state index is 11.9. The van der Waals surface area contributed by atoms with Crippen molar-refractivity contribution in [3.8, 4) is 5.75 Å². The molecule has 21 heavy (non-hydrogen) atoms. The van der Waals surface area contributed by atoms with Crippen molar-refractivity contribution < 1.29 is 9.53 Å². The van der Waals surface area contributed by atoms with Crippen LogP contribution in [0.25, 0.3) is 0 Å². The van der Waals surface area contributed by atoms with E-state index in [1.807, 2.05) is 44.4 Å². The van der Waals surface area contributed by atoms with Gasteiger partial charge >= 0.3 is 0 Å². The quantitative estimate of drug-likeness (QED) is 0.903. The largest absolute Gasteiger partial charge is 0.489 e. The molecule has 0 saturated carbocycles. The summed E-state index contributed by atoms with van der Waals surface area (Å²) in [6.07, 6.45) is 0. The van der Waals surface area contributed by atoms with E-state index < -0.39 is 0 Å². The second-order valence-electron chi connectivity index (χ2n) is 5.50. The fourth-order valence-corrected chi connectivity index (χ4v) is 2.83. The number of ether oxygens (including phenoxy) is 1. The summed E-state index contributed by atoms with van der Waals surface area (Å²) in [5.41, 5.74) is 3.37. The molecule has 3 nitrogen and oxygen atoms in total. The van der Waals surface area contributed by atoms with Gasteiger partial charge in [-0.05, 0) is 50.8 Å². The summed E-state index contributed by atoms with van der Waals surface area (Å²) in [5.74, 6) is 0.868. The third kappa shape index (κ3) is 4.33. The number of rotatable bonds is 5. The number of nitrogens with one attached hydrogen (secondary N) is 1. The molecule has 4 heteroatoms. The Bertz CT molecular complexity index is 631. The molecular formula is C17H21NO2S. The topological polar surface area (TPSA) is 38.3 Å². The molecule has 0 aliphatic rings. The van der Waals surface area contributed by atoms with Gasteiger partial charge in [-0.2, -0.15) is 0 Å². The molecule has 2 aromatic rings. The van der Waals surface area contributed by atoms with Crippen LogP contribution in [0.4, 0.5) is 0 Å².